The van der Waals surface area contributed by atoms with E-state index in [2.05, 4.69) is 13.8 Å². The van der Waals surface area contributed by atoms with Crippen LogP contribution < -0.4 is 0 Å². The molecule has 0 spiro atoms. The van der Waals surface area contributed by atoms with Gasteiger partial charge in [-0.25, -0.2) is 4.79 Å². The standard InChI is InChI=1S/C34H50O11/c1-17-28(38)29(40-6)30(44-19(3)36)31(42-17)45-22-9-11-32(4)21(14-22)7-8-24-23(32)10-12-33(5)27(20-13-26(37)41-16-20)25(43-18(2)35)15-34(24,33)39/h13,17,21-25,27-31,38-39H,7-12,14-16H2,1-6H3. The minimum Gasteiger partial charge on any atom is -0.462 e. The molecule has 0 amide bonds. The van der Waals surface area contributed by atoms with Crippen LogP contribution in [0.1, 0.15) is 86.0 Å². The van der Waals surface area contributed by atoms with E-state index in [1.54, 1.807) is 6.92 Å². The number of carbonyl (C=O) groups excluding carboxylic acids is 3. The molecule has 14 unspecified atom stereocenters. The molecular weight excluding hydrogens is 584 g/mol. The van der Waals surface area contributed by atoms with Crippen molar-refractivity contribution >= 4 is 17.9 Å². The van der Waals surface area contributed by atoms with Crippen molar-refractivity contribution < 1.29 is 53.0 Å². The van der Waals surface area contributed by atoms with E-state index in [0.29, 0.717) is 12.3 Å². The number of ether oxygens (including phenoxy) is 6. The summed E-state index contributed by atoms with van der Waals surface area (Å²) >= 11 is 0. The molecule has 0 radical (unpaired) electrons. The molecule has 0 aromatic carbocycles. The first-order valence-corrected chi connectivity index (χ1v) is 16.7. The highest BCUT2D eigenvalue weighted by Gasteiger charge is 2.71. The van der Waals surface area contributed by atoms with Crippen LogP contribution in [-0.4, -0.2) is 90.4 Å². The molecular formula is C34H50O11. The van der Waals surface area contributed by atoms with Crippen LogP contribution in [0.3, 0.4) is 0 Å². The number of esters is 3. The molecule has 0 aromatic rings. The zero-order valence-corrected chi connectivity index (χ0v) is 27.4. The molecule has 0 bridgehead atoms. The lowest BCUT2D eigenvalue weighted by Crippen LogP contribution is -2.63. The Bertz CT molecular complexity index is 1220. The van der Waals surface area contributed by atoms with E-state index in [1.165, 1.54) is 27.0 Å². The highest BCUT2D eigenvalue weighted by Crippen LogP contribution is 2.70. The fourth-order valence-electron chi connectivity index (χ4n) is 10.7. The molecule has 4 aliphatic carbocycles. The van der Waals surface area contributed by atoms with Crippen LogP contribution in [0, 0.1) is 34.5 Å². The minimum absolute atomic E-state index is 0.0121. The number of cyclic esters (lactones) is 1. The predicted molar refractivity (Wildman–Crippen MR) is 158 cm³/mol. The summed E-state index contributed by atoms with van der Waals surface area (Å²) in [5.41, 5.74) is -0.800. The predicted octanol–water partition coefficient (Wildman–Crippen LogP) is 3.22. The van der Waals surface area contributed by atoms with Crippen molar-refractivity contribution in [2.75, 3.05) is 13.7 Å². The lowest BCUT2D eigenvalue weighted by Gasteiger charge is -2.63. The summed E-state index contributed by atoms with van der Waals surface area (Å²) in [4.78, 5) is 36.2. The fourth-order valence-corrected chi connectivity index (χ4v) is 10.7. The topological polar surface area (TPSA) is 147 Å². The number of hydrogen-bond acceptors (Lipinski definition) is 11. The average molecular weight is 635 g/mol. The van der Waals surface area contributed by atoms with Gasteiger partial charge in [0.25, 0.3) is 0 Å². The number of aliphatic hydroxyl groups is 2. The number of methoxy groups -OCH3 is 1. The first kappa shape index (κ1) is 32.9. The summed E-state index contributed by atoms with van der Waals surface area (Å²) in [5.74, 6) is -0.838. The van der Waals surface area contributed by atoms with Gasteiger partial charge in [-0.15, -0.1) is 0 Å². The third-order valence-electron chi connectivity index (χ3n) is 12.9. The van der Waals surface area contributed by atoms with Crippen LogP contribution in [0.25, 0.3) is 0 Å². The fraction of sp³-hybridized carbons (Fsp3) is 0.853. The van der Waals surface area contributed by atoms with Crippen molar-refractivity contribution in [1.29, 1.82) is 0 Å². The van der Waals surface area contributed by atoms with Gasteiger partial charge in [-0.05, 0) is 80.6 Å². The Labute approximate surface area is 265 Å². The van der Waals surface area contributed by atoms with Crippen LogP contribution in [0.15, 0.2) is 11.6 Å². The number of fused-ring (bicyclic) bond motifs is 5. The normalized spacial score (nSPS) is 49.2. The van der Waals surface area contributed by atoms with Gasteiger partial charge in [0.15, 0.2) is 12.4 Å². The number of carbonyl (C=O) groups is 3. The first-order valence-electron chi connectivity index (χ1n) is 16.7. The highest BCUT2D eigenvalue weighted by molar-refractivity contribution is 5.85. The Kier molecular flexibility index (Phi) is 8.68. The monoisotopic (exact) mass is 634 g/mol. The van der Waals surface area contributed by atoms with E-state index in [0.717, 1.165) is 50.5 Å². The summed E-state index contributed by atoms with van der Waals surface area (Å²) in [6.45, 7) is 9.14. The van der Waals surface area contributed by atoms with Gasteiger partial charge in [-0.1, -0.05) is 13.8 Å². The van der Waals surface area contributed by atoms with Crippen LogP contribution >= 0.6 is 0 Å². The number of rotatable bonds is 6. The first-order chi connectivity index (χ1) is 21.2. The zero-order valence-electron chi connectivity index (χ0n) is 27.4. The zero-order chi connectivity index (χ0) is 32.5. The molecule has 0 aromatic heterocycles. The molecule has 252 valence electrons. The van der Waals surface area contributed by atoms with Crippen LogP contribution in [0.4, 0.5) is 0 Å². The molecule has 6 rings (SSSR count). The molecule has 11 nitrogen and oxygen atoms in total. The molecule has 4 saturated carbocycles. The number of aliphatic hydroxyl groups excluding tert-OH is 1. The van der Waals surface area contributed by atoms with Crippen molar-refractivity contribution in [2.24, 2.45) is 34.5 Å². The van der Waals surface area contributed by atoms with Crippen LogP contribution in [-0.2, 0) is 42.8 Å². The Hall–Kier alpha value is -2.05. The minimum atomic E-state index is -1.05. The van der Waals surface area contributed by atoms with E-state index in [-0.39, 0.29) is 47.8 Å². The van der Waals surface area contributed by atoms with Gasteiger partial charge in [-0.2, -0.15) is 0 Å². The molecule has 45 heavy (non-hydrogen) atoms. The van der Waals surface area contributed by atoms with Crippen molar-refractivity contribution in [3.63, 3.8) is 0 Å². The van der Waals surface area contributed by atoms with Gasteiger partial charge < -0.3 is 38.6 Å². The van der Waals surface area contributed by atoms with Gasteiger partial charge in [0.1, 0.15) is 24.9 Å². The smallest absolute Gasteiger partial charge is 0.331 e. The largest absolute Gasteiger partial charge is 0.462 e. The molecule has 5 fully saturated rings. The molecule has 2 N–H and O–H groups in total. The van der Waals surface area contributed by atoms with Crippen LogP contribution in [0.2, 0.25) is 0 Å². The second kappa shape index (κ2) is 11.9. The summed E-state index contributed by atoms with van der Waals surface area (Å²) < 4.78 is 34.8. The van der Waals surface area contributed by atoms with E-state index >= 15 is 0 Å². The van der Waals surface area contributed by atoms with E-state index in [9.17, 15) is 24.6 Å². The molecule has 11 heteroatoms. The number of hydrogen-bond donors (Lipinski definition) is 2. The Morgan fingerprint density at radius 1 is 1.00 bits per heavy atom. The van der Waals surface area contributed by atoms with E-state index in [1.807, 2.05) is 0 Å². The quantitative estimate of drug-likeness (QED) is 0.252. The lowest BCUT2D eigenvalue weighted by atomic mass is 9.43. The van der Waals surface area contributed by atoms with Crippen molar-refractivity contribution in [2.45, 2.75) is 135 Å². The maximum absolute atomic E-state index is 12.8. The molecule has 14 atom stereocenters. The summed E-state index contributed by atoms with van der Waals surface area (Å²) in [6.07, 6.45) is 3.26. The Balaban J connectivity index is 1.20. The van der Waals surface area contributed by atoms with Crippen molar-refractivity contribution in [3.8, 4) is 0 Å². The summed E-state index contributed by atoms with van der Waals surface area (Å²) in [5, 5.41) is 23.4. The molecule has 1 saturated heterocycles. The Morgan fingerprint density at radius 2 is 1.73 bits per heavy atom. The van der Waals surface area contributed by atoms with E-state index in [4.69, 9.17) is 28.4 Å². The second-order valence-electron chi connectivity index (χ2n) is 15.0. The average Bonchev–Trinajstić information content (AvgIpc) is 3.48. The van der Waals surface area contributed by atoms with Gasteiger partial charge >= 0.3 is 17.9 Å². The molecule has 2 heterocycles. The maximum atomic E-state index is 12.8. The third-order valence-corrected chi connectivity index (χ3v) is 12.9. The van der Waals surface area contributed by atoms with Crippen molar-refractivity contribution in [1.82, 2.24) is 0 Å². The van der Waals surface area contributed by atoms with Crippen molar-refractivity contribution in [3.05, 3.63) is 11.6 Å². The van der Waals surface area contributed by atoms with Gasteiger partial charge in [0.05, 0.1) is 17.8 Å². The highest BCUT2D eigenvalue weighted by atomic mass is 16.7. The Morgan fingerprint density at radius 3 is 2.38 bits per heavy atom. The lowest BCUT2D eigenvalue weighted by molar-refractivity contribution is -0.315. The summed E-state index contributed by atoms with van der Waals surface area (Å²) in [7, 11) is 1.48. The third kappa shape index (κ3) is 5.34. The second-order valence-corrected chi connectivity index (χ2v) is 15.0. The molecule has 6 aliphatic rings. The van der Waals surface area contributed by atoms with Gasteiger partial charge in [0, 0.05) is 44.8 Å². The van der Waals surface area contributed by atoms with Crippen LogP contribution in [0.5, 0.6) is 0 Å². The van der Waals surface area contributed by atoms with Gasteiger partial charge in [0.2, 0.25) is 0 Å². The maximum Gasteiger partial charge on any atom is 0.331 e. The summed E-state index contributed by atoms with van der Waals surface area (Å²) in [6, 6.07) is 0. The molecule has 2 aliphatic heterocycles. The van der Waals surface area contributed by atoms with E-state index < -0.39 is 53.8 Å². The van der Waals surface area contributed by atoms with Gasteiger partial charge in [-0.3, -0.25) is 9.59 Å². The SMILES string of the molecule is COC1C(O)C(C)OC(OC2CCC3(C)C(CCC4C3CCC3(C)C(C5=CC(=O)OC5)C(OC(C)=O)CC43O)C2)C1OC(C)=O.